The topological polar surface area (TPSA) is 460 Å². The van der Waals surface area contributed by atoms with E-state index >= 15 is 0 Å². The smallest absolute Gasteiger partial charge is 0.269 e. The lowest BCUT2D eigenvalue weighted by molar-refractivity contribution is -0.384. The molecule has 21 atom stereocenters. The van der Waals surface area contributed by atoms with Crippen molar-refractivity contribution in [2.24, 2.45) is 28.7 Å². The molecule has 1 saturated carbocycles. The number of aliphatic hydroxyl groups is 10. The number of halogens is 2. The fraction of sp³-hybridized carbons (Fsp3) is 0.794. The van der Waals surface area contributed by atoms with Gasteiger partial charge in [0.1, 0.15) is 73.2 Å². The second-order valence-corrected chi connectivity index (χ2v) is 16.2. The summed E-state index contributed by atoms with van der Waals surface area (Å²) in [7, 11) is 0. The Morgan fingerprint density at radius 2 is 1.24 bits per heavy atom. The molecule has 1 aromatic rings. The third-order valence-electron chi connectivity index (χ3n) is 10.9. The zero-order valence-corrected chi connectivity index (χ0v) is 34.3. The van der Waals surface area contributed by atoms with E-state index in [1.165, 1.54) is 24.3 Å². The second-order valence-electron chi connectivity index (χ2n) is 15.1. The Morgan fingerprint density at radius 1 is 0.742 bits per heavy atom. The Labute approximate surface area is 363 Å². The third-order valence-corrected chi connectivity index (χ3v) is 11.3. The summed E-state index contributed by atoms with van der Waals surface area (Å²) in [6, 6.07) is -0.246. The minimum Gasteiger partial charge on any atom is -0.394 e. The van der Waals surface area contributed by atoms with Crippen LogP contribution in [-0.4, -0.2) is 215 Å². The summed E-state index contributed by atoms with van der Waals surface area (Å²) in [5, 5.41) is 114. The van der Waals surface area contributed by atoms with E-state index in [0.717, 1.165) is 0 Å². The number of rotatable bonds is 15. The number of amides is 1. The maximum absolute atomic E-state index is 11.3. The predicted octanol–water partition coefficient (Wildman–Crippen LogP) is -7.95. The quantitative estimate of drug-likeness (QED) is 0.0441. The molecule has 3 saturated heterocycles. The number of carbonyl (C=O) groups is 1. The van der Waals surface area contributed by atoms with Gasteiger partial charge in [-0.3, -0.25) is 14.9 Å². The SMILES string of the molecule is NC[C@@H]1O[C@H](O[C@H]2[C@@H](O)[C@H](O[C@@H]3[C@@H](O)[C@H](N)C[C@H](N)[C@H]3O[C@H]3O[C@H](CO)[C@@H](O)[C@H](O)[C@H]3N)O[C@@H]2CO)[C@H](N)[C@@H](O)[C@@H]1O.O=C(N[C@H](CO)[C@H](O)c1ccc([N+](=O)[O-])cc1)C(Cl)Cl. The van der Waals surface area contributed by atoms with E-state index in [0.29, 0.717) is 5.56 Å². The van der Waals surface area contributed by atoms with Gasteiger partial charge in [0, 0.05) is 30.8 Å². The highest BCUT2D eigenvalue weighted by molar-refractivity contribution is 6.53. The summed E-state index contributed by atoms with van der Waals surface area (Å²) in [5.74, 6) is -0.756. The van der Waals surface area contributed by atoms with Gasteiger partial charge in [-0.1, -0.05) is 23.2 Å². The average Bonchev–Trinajstić information content (AvgIpc) is 3.55. The van der Waals surface area contributed by atoms with Crippen molar-refractivity contribution in [2.75, 3.05) is 26.4 Å². The van der Waals surface area contributed by atoms with Gasteiger partial charge in [0.05, 0.1) is 49.0 Å². The number of benzene rings is 1. The number of nitrogens with one attached hydrogen (secondary N) is 1. The van der Waals surface area contributed by atoms with E-state index in [9.17, 15) is 60.9 Å². The lowest BCUT2D eigenvalue weighted by Crippen LogP contribution is -2.68. The van der Waals surface area contributed by atoms with Crippen molar-refractivity contribution in [1.29, 1.82) is 0 Å². The Bertz CT molecular complexity index is 1570. The maximum atomic E-state index is 11.3. The van der Waals surface area contributed by atoms with Crippen LogP contribution < -0.4 is 34.0 Å². The largest absolute Gasteiger partial charge is 0.394 e. The van der Waals surface area contributed by atoms with Crippen LogP contribution >= 0.6 is 23.2 Å². The lowest BCUT2D eigenvalue weighted by Gasteiger charge is -2.47. The zero-order chi connectivity index (χ0) is 46.3. The summed E-state index contributed by atoms with van der Waals surface area (Å²) < 4.78 is 34.4. The van der Waals surface area contributed by atoms with Gasteiger partial charge in [-0.25, -0.2) is 0 Å². The van der Waals surface area contributed by atoms with Gasteiger partial charge in [-0.05, 0) is 24.1 Å². The molecule has 21 N–H and O–H groups in total. The number of carbonyl (C=O) groups excluding carboxylic acids is 1. The molecule has 0 radical (unpaired) electrons. The molecule has 0 unspecified atom stereocenters. The van der Waals surface area contributed by atoms with E-state index in [1.54, 1.807) is 0 Å². The van der Waals surface area contributed by atoms with Crippen LogP contribution in [0.2, 0.25) is 0 Å². The summed E-state index contributed by atoms with van der Waals surface area (Å²) in [6.45, 7) is -2.04. The van der Waals surface area contributed by atoms with Crippen molar-refractivity contribution in [2.45, 2.75) is 140 Å². The van der Waals surface area contributed by atoms with Gasteiger partial charge in [-0.15, -0.1) is 0 Å². The van der Waals surface area contributed by atoms with Crippen LogP contribution in [0.5, 0.6) is 0 Å². The molecule has 4 fully saturated rings. The Morgan fingerprint density at radius 3 is 1.74 bits per heavy atom. The molecule has 3 aliphatic heterocycles. The van der Waals surface area contributed by atoms with Gasteiger partial charge in [0.15, 0.2) is 23.7 Å². The Kier molecular flexibility index (Phi) is 19.7. The van der Waals surface area contributed by atoms with Crippen molar-refractivity contribution < 1.29 is 89.2 Å². The van der Waals surface area contributed by atoms with Crippen molar-refractivity contribution in [3.63, 3.8) is 0 Å². The number of hydrogen-bond acceptors (Lipinski definition) is 24. The Balaban J connectivity index is 0.000000354. The molecule has 4 aliphatic rings. The number of nitrogens with zero attached hydrogens (tertiary/aromatic N) is 1. The molecule has 5 rings (SSSR count). The number of nitrogens with two attached hydrogens (primary N) is 5. The van der Waals surface area contributed by atoms with Crippen molar-refractivity contribution >= 4 is 34.8 Å². The molecule has 1 aromatic carbocycles. The molecule has 0 aromatic heterocycles. The molecular formula is C34H57Cl2N7O19. The summed E-state index contributed by atoms with van der Waals surface area (Å²) in [4.78, 5) is 19.9. The first kappa shape index (κ1) is 52.5. The highest BCUT2D eigenvalue weighted by atomic mass is 35.5. The molecule has 1 aliphatic carbocycles. The number of ether oxygens (including phenoxy) is 6. The standard InChI is InChI=1S/C23H45N5O14.C11H12Cl2N2O5/c24-2-7-13(32)15(34)10(27)21(37-7)41-19-9(4-30)39-23(17(19)36)42-20-12(31)5(25)1-6(26)18(20)40-22-11(28)16(35)14(33)8(3-29)38-22;12-10(13)11(18)14-8(5-16)9(17)6-1-3-7(4-2-6)15(19)20/h5-23,29-36H,1-4,24-28H2;1-4,8-10,16-17H,5H2,(H,14,18)/t5-,6+,7+,8-,9-,10-,11-,12+,13-,14-,15-,16-,17-,18-,19-,20-,21-,22-,23+;8-,9-/m11/s1. The van der Waals surface area contributed by atoms with Crippen LogP contribution in [0.4, 0.5) is 5.69 Å². The van der Waals surface area contributed by atoms with Gasteiger partial charge in [0.25, 0.3) is 11.6 Å². The molecular weight excluding hydrogens is 881 g/mol. The number of non-ortho nitro benzene ring substituents is 1. The fourth-order valence-corrected chi connectivity index (χ4v) is 7.32. The zero-order valence-electron chi connectivity index (χ0n) is 32.8. The summed E-state index contributed by atoms with van der Waals surface area (Å²) in [5.41, 5.74) is 30.1. The van der Waals surface area contributed by atoms with Gasteiger partial charge in [-0.2, -0.15) is 0 Å². The number of nitro benzene ring substituents is 1. The first-order valence-electron chi connectivity index (χ1n) is 19.3. The highest BCUT2D eigenvalue weighted by Gasteiger charge is 2.54. The number of nitro groups is 1. The molecule has 0 spiro atoms. The molecule has 1 amide bonds. The Hall–Kier alpha value is -2.17. The normalized spacial score (nSPS) is 40.9. The van der Waals surface area contributed by atoms with E-state index < -0.39 is 164 Å². The van der Waals surface area contributed by atoms with E-state index in [2.05, 4.69) is 5.32 Å². The average molecular weight is 939 g/mol. The number of aliphatic hydroxyl groups excluding tert-OH is 10. The van der Waals surface area contributed by atoms with Crippen LogP contribution in [0, 0.1) is 10.1 Å². The van der Waals surface area contributed by atoms with Crippen LogP contribution in [0.3, 0.4) is 0 Å². The van der Waals surface area contributed by atoms with E-state index in [-0.39, 0.29) is 18.7 Å². The van der Waals surface area contributed by atoms with E-state index in [4.69, 9.17) is 85.4 Å². The van der Waals surface area contributed by atoms with Gasteiger partial charge >= 0.3 is 0 Å². The van der Waals surface area contributed by atoms with Crippen molar-refractivity contribution in [1.82, 2.24) is 5.32 Å². The maximum Gasteiger partial charge on any atom is 0.269 e. The van der Waals surface area contributed by atoms with E-state index in [1.807, 2.05) is 0 Å². The molecule has 62 heavy (non-hydrogen) atoms. The summed E-state index contributed by atoms with van der Waals surface area (Å²) in [6.07, 6.45) is -21.8. The van der Waals surface area contributed by atoms with Crippen LogP contribution in [0.1, 0.15) is 18.1 Å². The van der Waals surface area contributed by atoms with Crippen LogP contribution in [-0.2, 0) is 33.2 Å². The molecule has 26 nitrogen and oxygen atoms in total. The third kappa shape index (κ3) is 12.2. The summed E-state index contributed by atoms with van der Waals surface area (Å²) >= 11 is 10.7. The first-order chi connectivity index (χ1) is 29.2. The lowest BCUT2D eigenvalue weighted by atomic mass is 9.84. The predicted molar refractivity (Wildman–Crippen MR) is 209 cm³/mol. The molecule has 3 heterocycles. The number of hydrogen-bond donors (Lipinski definition) is 16. The minimum absolute atomic E-state index is 0.0642. The first-order valence-corrected chi connectivity index (χ1v) is 20.1. The molecule has 0 bridgehead atoms. The fourth-order valence-electron chi connectivity index (χ4n) is 7.19. The number of alkyl halides is 2. The second kappa shape index (κ2) is 23.3. The van der Waals surface area contributed by atoms with Crippen LogP contribution in [0.25, 0.3) is 0 Å². The highest BCUT2D eigenvalue weighted by Crippen LogP contribution is 2.34. The minimum atomic E-state index is -1.62. The monoisotopic (exact) mass is 937 g/mol. The molecule has 356 valence electrons. The van der Waals surface area contributed by atoms with Crippen molar-refractivity contribution in [3.8, 4) is 0 Å². The van der Waals surface area contributed by atoms with Crippen LogP contribution in [0.15, 0.2) is 24.3 Å². The van der Waals surface area contributed by atoms with Gasteiger partial charge in [0.2, 0.25) is 0 Å². The van der Waals surface area contributed by atoms with Crippen molar-refractivity contribution in [3.05, 3.63) is 39.9 Å². The van der Waals surface area contributed by atoms with Gasteiger partial charge < -0.3 is 113 Å². The molecule has 28 heteroatoms.